The van der Waals surface area contributed by atoms with Gasteiger partial charge in [-0.15, -0.1) is 11.3 Å². The van der Waals surface area contributed by atoms with Crippen LogP contribution in [0.1, 0.15) is 5.01 Å². The second-order valence-electron chi connectivity index (χ2n) is 3.49. The quantitative estimate of drug-likeness (QED) is 0.858. The van der Waals surface area contributed by atoms with E-state index in [1.807, 2.05) is 18.2 Å². The highest BCUT2D eigenvalue weighted by Gasteiger charge is 2.08. The van der Waals surface area contributed by atoms with Crippen molar-refractivity contribution in [3.8, 4) is 0 Å². The molecular weight excluding hydrogens is 208 g/mol. The van der Waals surface area contributed by atoms with Gasteiger partial charge in [-0.2, -0.15) is 0 Å². The van der Waals surface area contributed by atoms with Crippen LogP contribution in [-0.4, -0.2) is 24.7 Å². The Morgan fingerprint density at radius 2 is 2.27 bits per heavy atom. The molecule has 1 aromatic heterocycles. The third-order valence-corrected chi connectivity index (χ3v) is 3.21. The molecule has 1 unspecified atom stereocenters. The minimum Gasteiger partial charge on any atom is -0.383 e. The zero-order valence-corrected chi connectivity index (χ0v) is 9.46. The second-order valence-corrected chi connectivity index (χ2v) is 4.61. The van der Waals surface area contributed by atoms with Gasteiger partial charge in [-0.1, -0.05) is 12.1 Å². The number of fused-ring (bicyclic) bond motifs is 1. The first-order valence-electron chi connectivity index (χ1n) is 4.88. The van der Waals surface area contributed by atoms with Gasteiger partial charge >= 0.3 is 0 Å². The topological polar surface area (TPSA) is 48.1 Å². The Kier molecular flexibility index (Phi) is 3.30. The molecule has 0 aliphatic heterocycles. The van der Waals surface area contributed by atoms with Gasteiger partial charge in [0.05, 0.1) is 21.8 Å². The number of nitrogens with zero attached hydrogens (tertiary/aromatic N) is 1. The number of para-hydroxylation sites is 1. The van der Waals surface area contributed by atoms with Gasteiger partial charge < -0.3 is 10.5 Å². The first-order chi connectivity index (χ1) is 7.29. The largest absolute Gasteiger partial charge is 0.383 e. The van der Waals surface area contributed by atoms with Gasteiger partial charge in [0.1, 0.15) is 0 Å². The lowest BCUT2D eigenvalue weighted by molar-refractivity contribution is 0.180. The summed E-state index contributed by atoms with van der Waals surface area (Å²) < 4.78 is 6.22. The molecule has 15 heavy (non-hydrogen) atoms. The SMILES string of the molecule is COCC(N)Cc1nc2ccccc2s1. The van der Waals surface area contributed by atoms with Crippen molar-refractivity contribution in [3.63, 3.8) is 0 Å². The molecule has 2 aromatic rings. The van der Waals surface area contributed by atoms with Crippen molar-refractivity contribution in [2.24, 2.45) is 5.73 Å². The molecule has 3 nitrogen and oxygen atoms in total. The zero-order valence-electron chi connectivity index (χ0n) is 8.64. The minimum absolute atomic E-state index is 0.0376. The number of methoxy groups -OCH3 is 1. The lowest BCUT2D eigenvalue weighted by Gasteiger charge is -2.06. The van der Waals surface area contributed by atoms with Gasteiger partial charge in [-0.05, 0) is 12.1 Å². The summed E-state index contributed by atoms with van der Waals surface area (Å²) in [4.78, 5) is 4.52. The predicted octanol–water partition coefficient (Wildman–Crippen LogP) is 1.81. The second kappa shape index (κ2) is 4.70. The summed E-state index contributed by atoms with van der Waals surface area (Å²) in [6, 6.07) is 8.17. The van der Waals surface area contributed by atoms with Crippen LogP contribution < -0.4 is 5.73 Å². The molecule has 2 N–H and O–H groups in total. The normalized spacial score (nSPS) is 13.2. The monoisotopic (exact) mass is 222 g/mol. The molecule has 1 atom stereocenters. The van der Waals surface area contributed by atoms with Crippen molar-refractivity contribution in [3.05, 3.63) is 29.3 Å². The average Bonchev–Trinajstić information content (AvgIpc) is 2.59. The van der Waals surface area contributed by atoms with Gasteiger partial charge in [0.2, 0.25) is 0 Å². The van der Waals surface area contributed by atoms with Crippen LogP contribution in [0.5, 0.6) is 0 Å². The van der Waals surface area contributed by atoms with E-state index in [1.54, 1.807) is 18.4 Å². The minimum atomic E-state index is 0.0376. The molecule has 4 heteroatoms. The molecule has 80 valence electrons. The molecule has 0 saturated carbocycles. The summed E-state index contributed by atoms with van der Waals surface area (Å²) in [5, 5.41) is 1.08. The fourth-order valence-corrected chi connectivity index (χ4v) is 2.56. The van der Waals surface area contributed by atoms with E-state index in [9.17, 15) is 0 Å². The average molecular weight is 222 g/mol. The molecule has 0 spiro atoms. The van der Waals surface area contributed by atoms with E-state index in [4.69, 9.17) is 10.5 Å². The van der Waals surface area contributed by atoms with E-state index in [1.165, 1.54) is 4.70 Å². The third-order valence-electron chi connectivity index (χ3n) is 2.16. The van der Waals surface area contributed by atoms with E-state index in [0.29, 0.717) is 6.61 Å². The van der Waals surface area contributed by atoms with Crippen LogP contribution in [-0.2, 0) is 11.2 Å². The maximum Gasteiger partial charge on any atom is 0.0954 e. The number of thiazole rings is 1. The molecule has 0 amide bonds. The summed E-state index contributed by atoms with van der Waals surface area (Å²) in [6.07, 6.45) is 0.785. The van der Waals surface area contributed by atoms with Crippen molar-refractivity contribution in [2.75, 3.05) is 13.7 Å². The highest BCUT2D eigenvalue weighted by molar-refractivity contribution is 7.18. The summed E-state index contributed by atoms with van der Waals surface area (Å²) in [7, 11) is 1.66. The number of aromatic nitrogens is 1. The third kappa shape index (κ3) is 2.53. The van der Waals surface area contributed by atoms with E-state index >= 15 is 0 Å². The molecule has 0 aliphatic carbocycles. The highest BCUT2D eigenvalue weighted by atomic mass is 32.1. The van der Waals surface area contributed by atoms with Crippen LogP contribution in [0.2, 0.25) is 0 Å². The molecular formula is C11H14N2OS. The zero-order chi connectivity index (χ0) is 10.7. The number of rotatable bonds is 4. The Bertz CT molecular complexity index is 408. The number of benzene rings is 1. The Balaban J connectivity index is 2.15. The Hall–Kier alpha value is -0.970. The lowest BCUT2D eigenvalue weighted by atomic mass is 10.2. The maximum atomic E-state index is 5.88. The first-order valence-corrected chi connectivity index (χ1v) is 5.70. The van der Waals surface area contributed by atoms with Gasteiger partial charge in [-0.25, -0.2) is 4.98 Å². The summed E-state index contributed by atoms with van der Waals surface area (Å²) >= 11 is 1.70. The lowest BCUT2D eigenvalue weighted by Crippen LogP contribution is -2.27. The standard InChI is InChI=1S/C11H14N2OS/c1-14-7-8(12)6-11-13-9-4-2-3-5-10(9)15-11/h2-5,8H,6-7,12H2,1H3. The van der Waals surface area contributed by atoms with Crippen LogP contribution in [0.3, 0.4) is 0 Å². The number of nitrogens with two attached hydrogens (primary N) is 1. The highest BCUT2D eigenvalue weighted by Crippen LogP contribution is 2.22. The molecule has 0 radical (unpaired) electrons. The van der Waals surface area contributed by atoms with Gasteiger partial charge in [-0.3, -0.25) is 0 Å². The van der Waals surface area contributed by atoms with Crippen LogP contribution in [0.4, 0.5) is 0 Å². The van der Waals surface area contributed by atoms with Crippen LogP contribution in [0, 0.1) is 0 Å². The van der Waals surface area contributed by atoms with Crippen molar-refractivity contribution < 1.29 is 4.74 Å². The van der Waals surface area contributed by atoms with Gasteiger partial charge in [0, 0.05) is 19.6 Å². The number of hydrogen-bond donors (Lipinski definition) is 1. The molecule has 1 heterocycles. The summed E-state index contributed by atoms with van der Waals surface area (Å²) in [6.45, 7) is 0.579. The maximum absolute atomic E-state index is 5.88. The van der Waals surface area contributed by atoms with E-state index in [0.717, 1.165) is 16.9 Å². The Labute approximate surface area is 92.9 Å². The van der Waals surface area contributed by atoms with Crippen LogP contribution in [0.15, 0.2) is 24.3 Å². The molecule has 0 fully saturated rings. The first kappa shape index (κ1) is 10.5. The van der Waals surface area contributed by atoms with Crippen molar-refractivity contribution in [1.29, 1.82) is 0 Å². The van der Waals surface area contributed by atoms with Crippen molar-refractivity contribution >= 4 is 21.6 Å². The van der Waals surface area contributed by atoms with E-state index in [2.05, 4.69) is 11.1 Å². The van der Waals surface area contributed by atoms with E-state index < -0.39 is 0 Å². The van der Waals surface area contributed by atoms with Crippen LogP contribution >= 0.6 is 11.3 Å². The number of hydrogen-bond acceptors (Lipinski definition) is 4. The van der Waals surface area contributed by atoms with Gasteiger partial charge in [0.25, 0.3) is 0 Å². The molecule has 0 saturated heterocycles. The molecule has 1 aromatic carbocycles. The predicted molar refractivity (Wildman–Crippen MR) is 63.2 cm³/mol. The molecule has 2 rings (SSSR count). The van der Waals surface area contributed by atoms with E-state index in [-0.39, 0.29) is 6.04 Å². The van der Waals surface area contributed by atoms with Crippen molar-refractivity contribution in [1.82, 2.24) is 4.98 Å². The fraction of sp³-hybridized carbons (Fsp3) is 0.364. The molecule has 0 aliphatic rings. The Morgan fingerprint density at radius 1 is 1.47 bits per heavy atom. The van der Waals surface area contributed by atoms with Crippen LogP contribution in [0.25, 0.3) is 10.2 Å². The Morgan fingerprint density at radius 3 is 3.00 bits per heavy atom. The van der Waals surface area contributed by atoms with Crippen molar-refractivity contribution in [2.45, 2.75) is 12.5 Å². The van der Waals surface area contributed by atoms with Gasteiger partial charge in [0.15, 0.2) is 0 Å². The summed E-state index contributed by atoms with van der Waals surface area (Å²) in [5.74, 6) is 0. The molecule has 0 bridgehead atoms. The smallest absolute Gasteiger partial charge is 0.0954 e. The fourth-order valence-electron chi connectivity index (χ4n) is 1.50. The number of ether oxygens (including phenoxy) is 1. The summed E-state index contributed by atoms with van der Waals surface area (Å²) in [5.41, 5.74) is 6.94.